The van der Waals surface area contributed by atoms with Gasteiger partial charge in [0.1, 0.15) is 58.7 Å². The summed E-state index contributed by atoms with van der Waals surface area (Å²) in [6.45, 7) is -0.813. The normalized spacial score (nSPS) is 23.1. The van der Waals surface area contributed by atoms with Crippen molar-refractivity contribution in [3.8, 4) is 28.7 Å². The monoisotopic (exact) mass is 528 g/mol. The maximum atomic E-state index is 13.1. The van der Waals surface area contributed by atoms with Crippen molar-refractivity contribution in [2.24, 2.45) is 0 Å². The summed E-state index contributed by atoms with van der Waals surface area (Å²) in [6.07, 6.45) is -8.63. The van der Waals surface area contributed by atoms with Crippen molar-refractivity contribution in [2.75, 3.05) is 6.61 Å². The molecule has 1 aliphatic heterocycles. The van der Waals surface area contributed by atoms with Crippen LogP contribution in [0, 0.1) is 0 Å². The molecule has 200 valence electrons. The third kappa shape index (κ3) is 4.93. The highest BCUT2D eigenvalue weighted by atomic mass is 16.6. The first-order valence-corrected chi connectivity index (χ1v) is 11.3. The standard InChI is InChI=1S/C26H24O12/c27-10-17-21(33)23(35)25(38-26(36)12-3-7-14(29)8-4-12)24(37-17)19-16(31)9-15(30)18(22(19)34)20(32)11-1-5-13(28)6-2-11/h1-9,17,21,23-25,27-31,33-35H,10H2. The van der Waals surface area contributed by atoms with Gasteiger partial charge in [0.15, 0.2) is 6.10 Å². The Morgan fingerprint density at radius 1 is 0.789 bits per heavy atom. The lowest BCUT2D eigenvalue weighted by molar-refractivity contribution is -0.232. The van der Waals surface area contributed by atoms with Crippen LogP contribution in [0.4, 0.5) is 0 Å². The highest BCUT2D eigenvalue weighted by Gasteiger charge is 2.49. The van der Waals surface area contributed by atoms with E-state index >= 15 is 0 Å². The molecule has 0 aliphatic carbocycles. The number of hydrogen-bond donors (Lipinski definition) is 8. The van der Waals surface area contributed by atoms with Crippen LogP contribution in [0.25, 0.3) is 0 Å². The zero-order valence-electron chi connectivity index (χ0n) is 19.5. The molecule has 3 aromatic carbocycles. The first-order chi connectivity index (χ1) is 18.0. The van der Waals surface area contributed by atoms with E-state index in [1.165, 1.54) is 48.5 Å². The van der Waals surface area contributed by atoms with Gasteiger partial charge >= 0.3 is 5.97 Å². The Labute approximate surface area is 214 Å². The molecule has 0 amide bonds. The van der Waals surface area contributed by atoms with E-state index in [1.807, 2.05) is 0 Å². The predicted molar refractivity (Wildman–Crippen MR) is 127 cm³/mol. The Balaban J connectivity index is 1.79. The minimum Gasteiger partial charge on any atom is -0.508 e. The van der Waals surface area contributed by atoms with Crippen LogP contribution in [-0.2, 0) is 9.47 Å². The molecule has 0 saturated carbocycles. The second kappa shape index (κ2) is 10.6. The van der Waals surface area contributed by atoms with Crippen molar-refractivity contribution in [1.82, 2.24) is 0 Å². The van der Waals surface area contributed by atoms with Crippen LogP contribution in [0.15, 0.2) is 54.6 Å². The van der Waals surface area contributed by atoms with Gasteiger partial charge in [0.05, 0.1) is 17.7 Å². The maximum absolute atomic E-state index is 13.1. The Kier molecular flexibility index (Phi) is 7.41. The summed E-state index contributed by atoms with van der Waals surface area (Å²) in [5.41, 5.74) is -1.35. The van der Waals surface area contributed by atoms with Gasteiger partial charge in [0.25, 0.3) is 0 Å². The molecule has 4 rings (SSSR count). The predicted octanol–water partition coefficient (Wildman–Crippen LogP) is 0.825. The first kappa shape index (κ1) is 26.7. The Hall–Kier alpha value is -4.36. The van der Waals surface area contributed by atoms with Crippen molar-refractivity contribution in [1.29, 1.82) is 0 Å². The van der Waals surface area contributed by atoms with E-state index in [0.29, 0.717) is 0 Å². The summed E-state index contributed by atoms with van der Waals surface area (Å²) in [5.74, 6) is -4.81. The highest BCUT2D eigenvalue weighted by Crippen LogP contribution is 2.47. The average molecular weight is 528 g/mol. The molecule has 0 aromatic heterocycles. The Morgan fingerprint density at radius 3 is 1.89 bits per heavy atom. The van der Waals surface area contributed by atoms with E-state index in [1.54, 1.807) is 0 Å². The average Bonchev–Trinajstić information content (AvgIpc) is 2.88. The van der Waals surface area contributed by atoms with E-state index in [4.69, 9.17) is 9.47 Å². The molecule has 1 heterocycles. The van der Waals surface area contributed by atoms with E-state index in [2.05, 4.69) is 0 Å². The van der Waals surface area contributed by atoms with Gasteiger partial charge in [-0.15, -0.1) is 0 Å². The highest BCUT2D eigenvalue weighted by molar-refractivity contribution is 6.13. The molecule has 0 radical (unpaired) electrons. The SMILES string of the molecule is O=C(OC1C(c2c(O)cc(O)c(C(=O)c3ccc(O)cc3)c2O)OC(CO)C(O)C1O)c1ccc(O)cc1. The number of carbonyl (C=O) groups excluding carboxylic acids is 2. The van der Waals surface area contributed by atoms with Crippen molar-refractivity contribution >= 4 is 11.8 Å². The molecule has 5 atom stereocenters. The molecular weight excluding hydrogens is 504 g/mol. The molecule has 1 fully saturated rings. The summed E-state index contributed by atoms with van der Waals surface area (Å²) in [4.78, 5) is 25.9. The fourth-order valence-corrected chi connectivity index (χ4v) is 4.16. The summed E-state index contributed by atoms with van der Waals surface area (Å²) in [6, 6.07) is 10.4. The van der Waals surface area contributed by atoms with Crippen molar-refractivity contribution in [2.45, 2.75) is 30.5 Å². The number of hydrogen-bond acceptors (Lipinski definition) is 12. The molecule has 12 heteroatoms. The Bertz CT molecular complexity index is 1340. The number of esters is 1. The first-order valence-electron chi connectivity index (χ1n) is 11.3. The van der Waals surface area contributed by atoms with Gasteiger partial charge in [0.2, 0.25) is 5.78 Å². The van der Waals surface area contributed by atoms with Gasteiger partial charge in [-0.2, -0.15) is 0 Å². The smallest absolute Gasteiger partial charge is 0.338 e. The molecular formula is C26H24O12. The number of ketones is 1. The number of aromatic hydroxyl groups is 5. The van der Waals surface area contributed by atoms with Gasteiger partial charge < -0.3 is 50.3 Å². The topological polar surface area (TPSA) is 214 Å². The lowest BCUT2D eigenvalue weighted by Crippen LogP contribution is -2.56. The third-order valence-electron chi connectivity index (χ3n) is 6.15. The number of aliphatic hydroxyl groups excluding tert-OH is 3. The summed E-state index contributed by atoms with van der Waals surface area (Å²) in [5, 5.41) is 81.8. The van der Waals surface area contributed by atoms with E-state index in [-0.39, 0.29) is 22.6 Å². The van der Waals surface area contributed by atoms with E-state index in [9.17, 15) is 50.4 Å². The summed E-state index contributed by atoms with van der Waals surface area (Å²) < 4.78 is 11.0. The number of carbonyl (C=O) groups is 2. The number of rotatable bonds is 6. The quantitative estimate of drug-likeness (QED) is 0.165. The van der Waals surface area contributed by atoms with Gasteiger partial charge in [-0.05, 0) is 48.5 Å². The molecule has 5 unspecified atom stereocenters. The minimum atomic E-state index is -1.89. The van der Waals surface area contributed by atoms with Gasteiger partial charge in [-0.1, -0.05) is 0 Å². The van der Waals surface area contributed by atoms with Crippen LogP contribution in [0.5, 0.6) is 28.7 Å². The molecule has 0 spiro atoms. The third-order valence-corrected chi connectivity index (χ3v) is 6.15. The summed E-state index contributed by atoms with van der Waals surface area (Å²) in [7, 11) is 0. The maximum Gasteiger partial charge on any atom is 0.338 e. The van der Waals surface area contributed by atoms with Gasteiger partial charge in [-0.3, -0.25) is 4.79 Å². The number of phenols is 5. The van der Waals surface area contributed by atoms with Crippen LogP contribution in [0.2, 0.25) is 0 Å². The van der Waals surface area contributed by atoms with E-state index in [0.717, 1.165) is 6.07 Å². The number of ether oxygens (including phenoxy) is 2. The zero-order chi connectivity index (χ0) is 27.7. The lowest BCUT2D eigenvalue weighted by atomic mass is 9.88. The molecule has 1 saturated heterocycles. The fraction of sp³-hybridized carbons (Fsp3) is 0.231. The molecule has 1 aliphatic rings. The van der Waals surface area contributed by atoms with Crippen molar-refractivity contribution < 1.29 is 59.9 Å². The second-order valence-corrected chi connectivity index (χ2v) is 8.60. The van der Waals surface area contributed by atoms with Gasteiger partial charge in [0, 0.05) is 11.6 Å². The van der Waals surface area contributed by atoms with Gasteiger partial charge in [-0.25, -0.2) is 4.79 Å². The largest absolute Gasteiger partial charge is 0.508 e. The van der Waals surface area contributed by atoms with Crippen LogP contribution in [-0.4, -0.2) is 83.6 Å². The lowest BCUT2D eigenvalue weighted by Gasteiger charge is -2.42. The van der Waals surface area contributed by atoms with Crippen molar-refractivity contribution in [3.05, 3.63) is 76.9 Å². The molecule has 12 nitrogen and oxygen atoms in total. The fourth-order valence-electron chi connectivity index (χ4n) is 4.16. The summed E-state index contributed by atoms with van der Waals surface area (Å²) >= 11 is 0. The second-order valence-electron chi connectivity index (χ2n) is 8.60. The van der Waals surface area contributed by atoms with Crippen LogP contribution >= 0.6 is 0 Å². The van der Waals surface area contributed by atoms with Crippen LogP contribution < -0.4 is 0 Å². The Morgan fingerprint density at radius 2 is 1.34 bits per heavy atom. The van der Waals surface area contributed by atoms with Crippen LogP contribution in [0.1, 0.15) is 37.9 Å². The zero-order valence-corrected chi connectivity index (χ0v) is 19.5. The minimum absolute atomic E-state index is 0.0476. The molecule has 3 aromatic rings. The van der Waals surface area contributed by atoms with Crippen LogP contribution in [0.3, 0.4) is 0 Å². The molecule has 0 bridgehead atoms. The van der Waals surface area contributed by atoms with Crippen molar-refractivity contribution in [3.63, 3.8) is 0 Å². The molecule has 8 N–H and O–H groups in total. The molecule has 38 heavy (non-hydrogen) atoms. The number of aliphatic hydroxyl groups is 3. The van der Waals surface area contributed by atoms with E-state index < -0.39 is 77.3 Å². The number of phenolic OH excluding ortho intramolecular Hbond substituents is 5. The number of benzene rings is 3.